The zero-order valence-corrected chi connectivity index (χ0v) is 11.9. The number of aryl methyl sites for hydroxylation is 1. The van der Waals surface area contributed by atoms with E-state index in [2.05, 4.69) is 17.3 Å². The molecular formula is C14H24N4O. The van der Waals surface area contributed by atoms with Gasteiger partial charge in [-0.05, 0) is 18.3 Å². The maximum absolute atomic E-state index is 12.1. The normalized spacial score (nSPS) is 19.9. The molecule has 1 heterocycles. The minimum absolute atomic E-state index is 0.111. The third-order valence-electron chi connectivity index (χ3n) is 4.12. The molecule has 1 fully saturated rings. The average Bonchev–Trinajstić information content (AvgIpc) is 2.83. The molecule has 1 amide bonds. The summed E-state index contributed by atoms with van der Waals surface area (Å²) in [6.07, 6.45) is 9.66. The van der Waals surface area contributed by atoms with Crippen molar-refractivity contribution in [2.24, 2.45) is 18.2 Å². The lowest BCUT2D eigenvalue weighted by Gasteiger charge is -2.33. The Labute approximate surface area is 114 Å². The zero-order valence-electron chi connectivity index (χ0n) is 11.9. The van der Waals surface area contributed by atoms with Crippen molar-refractivity contribution in [2.45, 2.75) is 45.1 Å². The first kappa shape index (κ1) is 14.1. The predicted octanol–water partition coefficient (Wildman–Crippen LogP) is 1.51. The molecule has 1 atom stereocenters. The Morgan fingerprint density at radius 1 is 1.53 bits per heavy atom. The molecule has 0 bridgehead atoms. The van der Waals surface area contributed by atoms with Gasteiger partial charge in [-0.1, -0.05) is 26.2 Å². The van der Waals surface area contributed by atoms with Crippen LogP contribution in [0.25, 0.3) is 0 Å². The third-order valence-corrected chi connectivity index (χ3v) is 4.12. The summed E-state index contributed by atoms with van der Waals surface area (Å²) in [5.74, 6) is -0.111. The Morgan fingerprint density at radius 2 is 2.21 bits per heavy atom. The minimum Gasteiger partial charge on any atom is -0.354 e. The fourth-order valence-electron chi connectivity index (χ4n) is 2.74. The average molecular weight is 264 g/mol. The van der Waals surface area contributed by atoms with E-state index in [4.69, 9.17) is 5.73 Å². The van der Waals surface area contributed by atoms with Crippen molar-refractivity contribution in [2.75, 3.05) is 6.54 Å². The smallest absolute Gasteiger partial charge is 0.241 e. The molecule has 0 spiro atoms. The number of carbonyl (C=O) groups is 1. The van der Waals surface area contributed by atoms with Crippen LogP contribution in [0, 0.1) is 5.41 Å². The van der Waals surface area contributed by atoms with Crippen LogP contribution in [0.4, 0.5) is 0 Å². The molecule has 1 unspecified atom stereocenters. The summed E-state index contributed by atoms with van der Waals surface area (Å²) in [6.45, 7) is 2.97. The predicted molar refractivity (Wildman–Crippen MR) is 74.3 cm³/mol. The van der Waals surface area contributed by atoms with E-state index in [1.165, 1.54) is 32.1 Å². The number of nitrogens with one attached hydrogen (secondary N) is 1. The van der Waals surface area contributed by atoms with Crippen molar-refractivity contribution >= 4 is 5.91 Å². The highest BCUT2D eigenvalue weighted by molar-refractivity contribution is 5.82. The molecule has 0 saturated heterocycles. The molecule has 1 aliphatic carbocycles. The van der Waals surface area contributed by atoms with E-state index >= 15 is 0 Å². The summed E-state index contributed by atoms with van der Waals surface area (Å²) < 4.78 is 1.66. The number of nitrogens with two attached hydrogens (primary N) is 1. The fourth-order valence-corrected chi connectivity index (χ4v) is 2.74. The van der Waals surface area contributed by atoms with Gasteiger partial charge in [-0.15, -0.1) is 0 Å². The molecule has 5 nitrogen and oxygen atoms in total. The van der Waals surface area contributed by atoms with Crippen molar-refractivity contribution in [3.8, 4) is 0 Å². The summed E-state index contributed by atoms with van der Waals surface area (Å²) in [5, 5.41) is 7.04. The summed E-state index contributed by atoms with van der Waals surface area (Å²) in [6, 6.07) is -0.624. The van der Waals surface area contributed by atoms with Gasteiger partial charge in [0, 0.05) is 25.4 Å². The highest BCUT2D eigenvalue weighted by Gasteiger charge is 2.28. The van der Waals surface area contributed by atoms with Crippen molar-refractivity contribution in [1.29, 1.82) is 0 Å². The summed E-state index contributed by atoms with van der Waals surface area (Å²) in [4.78, 5) is 12.1. The SMILES string of the molecule is Cn1cc(C(N)C(=O)NCC2(C)CCCCC2)cn1. The monoisotopic (exact) mass is 264 g/mol. The fraction of sp³-hybridized carbons (Fsp3) is 0.714. The Balaban J connectivity index is 1.87. The molecule has 0 aliphatic heterocycles. The molecule has 19 heavy (non-hydrogen) atoms. The first-order valence-electron chi connectivity index (χ1n) is 7.02. The van der Waals surface area contributed by atoms with Crippen LogP contribution in [0.15, 0.2) is 12.4 Å². The third kappa shape index (κ3) is 3.56. The van der Waals surface area contributed by atoms with Crippen LogP contribution >= 0.6 is 0 Å². The second-order valence-electron chi connectivity index (χ2n) is 6.01. The van der Waals surface area contributed by atoms with Gasteiger partial charge in [-0.25, -0.2) is 0 Å². The van der Waals surface area contributed by atoms with Crippen molar-refractivity contribution in [3.63, 3.8) is 0 Å². The van der Waals surface area contributed by atoms with Gasteiger partial charge in [0.15, 0.2) is 0 Å². The largest absolute Gasteiger partial charge is 0.354 e. The van der Waals surface area contributed by atoms with Gasteiger partial charge in [0.05, 0.1) is 6.20 Å². The zero-order chi connectivity index (χ0) is 13.9. The van der Waals surface area contributed by atoms with E-state index < -0.39 is 6.04 Å². The molecule has 1 aromatic heterocycles. The number of hydrogen-bond donors (Lipinski definition) is 2. The molecule has 3 N–H and O–H groups in total. The summed E-state index contributed by atoms with van der Waals surface area (Å²) >= 11 is 0. The molecule has 1 aromatic rings. The summed E-state index contributed by atoms with van der Waals surface area (Å²) in [5.41, 5.74) is 6.94. The number of rotatable bonds is 4. The highest BCUT2D eigenvalue weighted by atomic mass is 16.2. The molecule has 0 radical (unpaired) electrons. The van der Waals surface area contributed by atoms with Crippen molar-refractivity contribution in [1.82, 2.24) is 15.1 Å². The van der Waals surface area contributed by atoms with Gasteiger partial charge in [-0.2, -0.15) is 5.10 Å². The summed E-state index contributed by atoms with van der Waals surface area (Å²) in [7, 11) is 1.82. The standard InChI is InChI=1S/C14H24N4O/c1-14(6-4-3-5-7-14)10-16-13(19)12(15)11-8-17-18(2)9-11/h8-9,12H,3-7,10,15H2,1-2H3,(H,16,19). The highest BCUT2D eigenvalue weighted by Crippen LogP contribution is 2.34. The van der Waals surface area contributed by atoms with Crippen LogP contribution < -0.4 is 11.1 Å². The minimum atomic E-state index is -0.624. The molecular weight excluding hydrogens is 240 g/mol. The lowest BCUT2D eigenvalue weighted by Crippen LogP contribution is -2.41. The lowest BCUT2D eigenvalue weighted by atomic mass is 9.76. The van der Waals surface area contributed by atoms with E-state index in [0.29, 0.717) is 0 Å². The van der Waals surface area contributed by atoms with Crippen LogP contribution in [0.5, 0.6) is 0 Å². The van der Waals surface area contributed by atoms with Gasteiger partial charge < -0.3 is 11.1 Å². The molecule has 106 valence electrons. The van der Waals surface area contributed by atoms with Crippen LogP contribution in [-0.2, 0) is 11.8 Å². The quantitative estimate of drug-likeness (QED) is 0.865. The Hall–Kier alpha value is -1.36. The van der Waals surface area contributed by atoms with Gasteiger partial charge in [0.2, 0.25) is 5.91 Å². The molecule has 2 rings (SSSR count). The number of carbonyl (C=O) groups excluding carboxylic acids is 1. The molecule has 5 heteroatoms. The van der Waals surface area contributed by atoms with E-state index in [1.54, 1.807) is 17.1 Å². The van der Waals surface area contributed by atoms with Gasteiger partial charge >= 0.3 is 0 Å². The van der Waals surface area contributed by atoms with Gasteiger partial charge in [0.25, 0.3) is 0 Å². The van der Waals surface area contributed by atoms with Crippen LogP contribution in [0.1, 0.15) is 50.6 Å². The van der Waals surface area contributed by atoms with E-state index in [0.717, 1.165) is 12.1 Å². The topological polar surface area (TPSA) is 72.9 Å². The Morgan fingerprint density at radius 3 is 2.79 bits per heavy atom. The Bertz CT molecular complexity index is 434. The number of amides is 1. The lowest BCUT2D eigenvalue weighted by molar-refractivity contribution is -0.123. The maximum Gasteiger partial charge on any atom is 0.241 e. The molecule has 1 saturated carbocycles. The van der Waals surface area contributed by atoms with Crippen molar-refractivity contribution < 1.29 is 4.79 Å². The maximum atomic E-state index is 12.1. The number of nitrogens with zero attached hydrogens (tertiary/aromatic N) is 2. The van der Waals surface area contributed by atoms with Crippen LogP contribution in [0.3, 0.4) is 0 Å². The number of aromatic nitrogens is 2. The van der Waals surface area contributed by atoms with E-state index in [-0.39, 0.29) is 11.3 Å². The molecule has 1 aliphatic rings. The second kappa shape index (κ2) is 5.74. The van der Waals surface area contributed by atoms with E-state index in [9.17, 15) is 4.79 Å². The first-order chi connectivity index (χ1) is 9.00. The van der Waals surface area contributed by atoms with Crippen LogP contribution in [0.2, 0.25) is 0 Å². The Kier molecular flexibility index (Phi) is 4.24. The van der Waals surface area contributed by atoms with Crippen LogP contribution in [-0.4, -0.2) is 22.2 Å². The first-order valence-corrected chi connectivity index (χ1v) is 7.02. The molecule has 0 aromatic carbocycles. The van der Waals surface area contributed by atoms with Crippen molar-refractivity contribution in [3.05, 3.63) is 18.0 Å². The van der Waals surface area contributed by atoms with Gasteiger partial charge in [0.1, 0.15) is 6.04 Å². The van der Waals surface area contributed by atoms with E-state index in [1.807, 2.05) is 7.05 Å². The van der Waals surface area contributed by atoms with Gasteiger partial charge in [-0.3, -0.25) is 9.48 Å². The number of hydrogen-bond acceptors (Lipinski definition) is 3. The second-order valence-corrected chi connectivity index (χ2v) is 6.01.